The van der Waals surface area contributed by atoms with Crippen molar-refractivity contribution in [2.24, 2.45) is 0 Å². The van der Waals surface area contributed by atoms with Crippen molar-refractivity contribution in [1.82, 2.24) is 0 Å². The van der Waals surface area contributed by atoms with E-state index in [9.17, 15) is 4.79 Å². The summed E-state index contributed by atoms with van der Waals surface area (Å²) in [6.07, 6.45) is 0. The average Bonchev–Trinajstić information content (AvgIpc) is 2.04. The van der Waals surface area contributed by atoms with Crippen molar-refractivity contribution >= 4 is 30.2 Å². The van der Waals surface area contributed by atoms with Crippen LogP contribution in [0.4, 0.5) is 0 Å². The molecular formula is C8H8Cl2O2. The normalized spacial score (nSPS) is 8.50. The predicted molar refractivity (Wildman–Crippen MR) is 49.7 cm³/mol. The second kappa shape index (κ2) is 5.01. The third-order valence-corrected chi connectivity index (χ3v) is 1.58. The lowest BCUT2D eigenvalue weighted by molar-refractivity contribution is 0.0750. The summed E-state index contributed by atoms with van der Waals surface area (Å²) in [6.45, 7) is 1.82. The molecule has 1 aromatic carbocycles. The summed E-state index contributed by atoms with van der Waals surface area (Å²) in [7, 11) is 0. The number of rotatable bonds is 1. The van der Waals surface area contributed by atoms with Gasteiger partial charge in [-0.3, -0.25) is 0 Å². The van der Waals surface area contributed by atoms with Gasteiger partial charge in [0, 0.05) is 0 Å². The van der Waals surface area contributed by atoms with Crippen LogP contribution < -0.4 is 0 Å². The first-order valence-corrected chi connectivity index (χ1v) is 3.45. The molecule has 0 aromatic heterocycles. The summed E-state index contributed by atoms with van der Waals surface area (Å²) in [4.78, 5) is 10.9. The Balaban J connectivity index is 0.00000121. The Labute approximate surface area is 82.1 Å². The highest BCUT2D eigenvalue weighted by molar-refractivity contribution is 6.16. The fraction of sp³-hybridized carbons (Fsp3) is 0.125. The summed E-state index contributed by atoms with van der Waals surface area (Å²) in [6, 6.07) is 7.10. The van der Waals surface area contributed by atoms with Crippen LogP contribution >= 0.6 is 24.3 Å². The topological polar surface area (TPSA) is 26.3 Å². The van der Waals surface area contributed by atoms with E-state index in [4.69, 9.17) is 11.9 Å². The van der Waals surface area contributed by atoms with E-state index in [-0.39, 0.29) is 12.4 Å². The molecule has 1 aromatic rings. The van der Waals surface area contributed by atoms with Gasteiger partial charge in [-0.1, -0.05) is 18.2 Å². The van der Waals surface area contributed by atoms with Crippen molar-refractivity contribution < 1.29 is 9.08 Å². The molecule has 66 valence electrons. The Kier molecular flexibility index (Phi) is 4.71. The molecule has 0 saturated carbocycles. The fourth-order valence-electron chi connectivity index (χ4n) is 0.843. The smallest absolute Gasteiger partial charge is 0.343 e. The van der Waals surface area contributed by atoms with Crippen LogP contribution in [0.15, 0.2) is 24.3 Å². The molecular weight excluding hydrogens is 199 g/mol. The van der Waals surface area contributed by atoms with E-state index < -0.39 is 5.97 Å². The molecule has 0 aliphatic rings. The maximum Gasteiger partial charge on any atom is 0.356 e. The third kappa shape index (κ3) is 2.40. The minimum atomic E-state index is -0.509. The molecule has 0 aliphatic heterocycles. The van der Waals surface area contributed by atoms with Gasteiger partial charge in [-0.05, 0) is 18.6 Å². The molecule has 0 spiro atoms. The molecule has 4 heteroatoms. The van der Waals surface area contributed by atoms with E-state index in [1.807, 2.05) is 19.1 Å². The summed E-state index contributed by atoms with van der Waals surface area (Å²) < 4.78 is 4.05. The Hall–Kier alpha value is -0.730. The van der Waals surface area contributed by atoms with Gasteiger partial charge in [0.2, 0.25) is 0 Å². The van der Waals surface area contributed by atoms with Crippen molar-refractivity contribution in [1.29, 1.82) is 0 Å². The van der Waals surface area contributed by atoms with Crippen molar-refractivity contribution in [3.8, 4) is 0 Å². The molecule has 0 aliphatic carbocycles. The summed E-state index contributed by atoms with van der Waals surface area (Å²) in [5, 5.41) is 0. The highest BCUT2D eigenvalue weighted by atomic mass is 35.5. The van der Waals surface area contributed by atoms with E-state index in [1.165, 1.54) is 0 Å². The van der Waals surface area contributed by atoms with E-state index in [0.29, 0.717) is 5.56 Å². The van der Waals surface area contributed by atoms with E-state index >= 15 is 0 Å². The quantitative estimate of drug-likeness (QED) is 0.707. The lowest BCUT2D eigenvalue weighted by atomic mass is 10.1. The lowest BCUT2D eigenvalue weighted by Crippen LogP contribution is -1.99. The summed E-state index contributed by atoms with van der Waals surface area (Å²) in [5.41, 5.74) is 1.36. The van der Waals surface area contributed by atoms with Crippen LogP contribution in [0.5, 0.6) is 0 Å². The van der Waals surface area contributed by atoms with Gasteiger partial charge in [0.15, 0.2) is 0 Å². The molecule has 0 bridgehead atoms. The van der Waals surface area contributed by atoms with Crippen LogP contribution in [0.3, 0.4) is 0 Å². The zero-order valence-corrected chi connectivity index (χ0v) is 7.98. The molecule has 0 heterocycles. The molecule has 0 N–H and O–H groups in total. The summed E-state index contributed by atoms with van der Waals surface area (Å²) >= 11 is 4.91. The fourth-order valence-corrected chi connectivity index (χ4v) is 0.927. The number of hydrogen-bond donors (Lipinski definition) is 0. The van der Waals surface area contributed by atoms with E-state index in [2.05, 4.69) is 4.29 Å². The zero-order chi connectivity index (χ0) is 8.27. The number of halogens is 2. The lowest BCUT2D eigenvalue weighted by Gasteiger charge is -1.98. The van der Waals surface area contributed by atoms with Crippen LogP contribution in [0.2, 0.25) is 0 Å². The molecule has 12 heavy (non-hydrogen) atoms. The van der Waals surface area contributed by atoms with Crippen molar-refractivity contribution in [2.75, 3.05) is 0 Å². The first-order chi connectivity index (χ1) is 5.25. The first-order valence-electron chi connectivity index (χ1n) is 3.14. The molecule has 0 atom stereocenters. The van der Waals surface area contributed by atoms with Gasteiger partial charge in [-0.15, -0.1) is 12.4 Å². The standard InChI is InChI=1S/C8H7ClO2.ClH/c1-6-4-2-3-5-7(6)8(10)11-9;/h2-5H,1H3;1H. The molecule has 0 saturated heterocycles. The number of hydrogen-bond acceptors (Lipinski definition) is 2. The molecule has 0 fully saturated rings. The molecule has 2 nitrogen and oxygen atoms in total. The van der Waals surface area contributed by atoms with Crippen molar-refractivity contribution in [3.63, 3.8) is 0 Å². The number of benzene rings is 1. The van der Waals surface area contributed by atoms with Crippen LogP contribution in [0.25, 0.3) is 0 Å². The second-order valence-electron chi connectivity index (χ2n) is 2.18. The largest absolute Gasteiger partial charge is 0.356 e. The summed E-state index contributed by atoms with van der Waals surface area (Å²) in [5.74, 6) is -0.509. The van der Waals surface area contributed by atoms with Gasteiger partial charge in [-0.2, -0.15) is 0 Å². The Morgan fingerprint density at radius 1 is 1.42 bits per heavy atom. The number of aryl methyl sites for hydroxylation is 1. The Morgan fingerprint density at radius 3 is 2.50 bits per heavy atom. The van der Waals surface area contributed by atoms with Crippen LogP contribution in [-0.2, 0) is 4.29 Å². The van der Waals surface area contributed by atoms with Crippen LogP contribution in [-0.4, -0.2) is 5.97 Å². The maximum absolute atomic E-state index is 10.9. The van der Waals surface area contributed by atoms with Gasteiger partial charge in [0.25, 0.3) is 0 Å². The maximum atomic E-state index is 10.9. The van der Waals surface area contributed by atoms with Gasteiger partial charge in [0.1, 0.15) is 11.9 Å². The van der Waals surface area contributed by atoms with E-state index in [0.717, 1.165) is 5.56 Å². The molecule has 0 unspecified atom stereocenters. The van der Waals surface area contributed by atoms with Gasteiger partial charge in [0.05, 0.1) is 5.56 Å². The van der Waals surface area contributed by atoms with Crippen molar-refractivity contribution in [2.45, 2.75) is 6.92 Å². The van der Waals surface area contributed by atoms with Gasteiger partial charge >= 0.3 is 5.97 Å². The van der Waals surface area contributed by atoms with E-state index in [1.54, 1.807) is 12.1 Å². The van der Waals surface area contributed by atoms with Crippen molar-refractivity contribution in [3.05, 3.63) is 35.4 Å². The van der Waals surface area contributed by atoms with Crippen LogP contribution in [0.1, 0.15) is 15.9 Å². The highest BCUT2D eigenvalue weighted by Gasteiger charge is 2.07. The Bertz CT molecular complexity index is 274. The number of carbonyl (C=O) groups excluding carboxylic acids is 1. The number of carbonyl (C=O) groups is 1. The molecule has 0 radical (unpaired) electrons. The second-order valence-corrected chi connectivity index (χ2v) is 2.33. The predicted octanol–water partition coefficient (Wildman–Crippen LogP) is 2.73. The third-order valence-electron chi connectivity index (χ3n) is 1.44. The van der Waals surface area contributed by atoms with Gasteiger partial charge in [-0.25, -0.2) is 4.79 Å². The zero-order valence-electron chi connectivity index (χ0n) is 6.41. The minimum Gasteiger partial charge on any atom is -0.343 e. The highest BCUT2D eigenvalue weighted by Crippen LogP contribution is 2.08. The minimum absolute atomic E-state index is 0. The average molecular weight is 207 g/mol. The first kappa shape index (κ1) is 11.3. The van der Waals surface area contributed by atoms with Gasteiger partial charge < -0.3 is 4.29 Å². The van der Waals surface area contributed by atoms with Crippen LogP contribution in [0, 0.1) is 6.92 Å². The monoisotopic (exact) mass is 206 g/mol. The Morgan fingerprint density at radius 2 is 2.00 bits per heavy atom. The SMILES string of the molecule is Cc1ccccc1C(=O)OCl.Cl. The molecule has 0 amide bonds. The molecule has 1 rings (SSSR count).